The molecule has 94 valence electrons. The highest BCUT2D eigenvalue weighted by Crippen LogP contribution is 2.27. The zero-order valence-electron chi connectivity index (χ0n) is 9.98. The fourth-order valence-electron chi connectivity index (χ4n) is 1.68. The molecule has 2 rings (SSSR count). The lowest BCUT2D eigenvalue weighted by atomic mass is 10.2. The van der Waals surface area contributed by atoms with Crippen LogP contribution in [0.2, 0.25) is 0 Å². The first-order valence-corrected chi connectivity index (χ1v) is 7.57. The molecule has 0 fully saturated rings. The van der Waals surface area contributed by atoms with Crippen molar-refractivity contribution in [3.8, 4) is 5.75 Å². The van der Waals surface area contributed by atoms with Gasteiger partial charge in [-0.15, -0.1) is 11.8 Å². The molecule has 0 atom stereocenters. The topological polar surface area (TPSA) is 32.3 Å². The van der Waals surface area contributed by atoms with Gasteiger partial charge >= 0.3 is 0 Å². The molecule has 4 heteroatoms. The van der Waals surface area contributed by atoms with E-state index in [2.05, 4.69) is 33.6 Å². The maximum Gasteiger partial charge on any atom is 0.120 e. The highest BCUT2D eigenvalue weighted by molar-refractivity contribution is 9.10. The third-order valence-corrected chi connectivity index (χ3v) is 3.91. The van der Waals surface area contributed by atoms with E-state index in [1.165, 1.54) is 4.90 Å². The van der Waals surface area contributed by atoms with Crippen LogP contribution in [-0.2, 0) is 6.54 Å². The van der Waals surface area contributed by atoms with Gasteiger partial charge in [0.2, 0.25) is 0 Å². The lowest BCUT2D eigenvalue weighted by molar-refractivity contribution is 0.469. The Bertz CT molecular complexity index is 545. The number of phenolic OH excluding ortho intramolecular Hbond substituents is 1. The molecule has 0 amide bonds. The number of hydrogen-bond donors (Lipinski definition) is 2. The first-order chi connectivity index (χ1) is 8.70. The fourth-order valence-corrected chi connectivity index (χ4v) is 2.66. The molecule has 0 saturated carbocycles. The number of phenols is 1. The number of anilines is 1. The van der Waals surface area contributed by atoms with Gasteiger partial charge in [-0.05, 0) is 36.6 Å². The molecule has 0 bridgehead atoms. The van der Waals surface area contributed by atoms with E-state index in [1.807, 2.05) is 30.3 Å². The summed E-state index contributed by atoms with van der Waals surface area (Å²) in [6.07, 6.45) is 2.05. The van der Waals surface area contributed by atoms with Crippen molar-refractivity contribution >= 4 is 33.4 Å². The van der Waals surface area contributed by atoms with Crippen LogP contribution in [0.3, 0.4) is 0 Å². The summed E-state index contributed by atoms with van der Waals surface area (Å²) >= 11 is 5.11. The van der Waals surface area contributed by atoms with Crippen LogP contribution in [0.15, 0.2) is 51.8 Å². The van der Waals surface area contributed by atoms with Crippen molar-refractivity contribution in [3.05, 3.63) is 52.5 Å². The molecule has 0 unspecified atom stereocenters. The molecular weight excluding hydrogens is 310 g/mol. The highest BCUT2D eigenvalue weighted by atomic mass is 79.9. The van der Waals surface area contributed by atoms with Gasteiger partial charge in [-0.1, -0.05) is 28.1 Å². The number of thioether (sulfide) groups is 1. The Morgan fingerprint density at radius 3 is 2.78 bits per heavy atom. The highest BCUT2D eigenvalue weighted by Gasteiger charge is 2.04. The molecule has 0 aliphatic rings. The Balaban J connectivity index is 2.14. The Morgan fingerprint density at radius 2 is 2.00 bits per heavy atom. The quantitative estimate of drug-likeness (QED) is 0.813. The van der Waals surface area contributed by atoms with Crippen LogP contribution >= 0.6 is 27.7 Å². The lowest BCUT2D eigenvalue weighted by Gasteiger charge is -2.11. The summed E-state index contributed by atoms with van der Waals surface area (Å²) < 4.78 is 0.968. The minimum atomic E-state index is 0.312. The summed E-state index contributed by atoms with van der Waals surface area (Å²) in [4.78, 5) is 1.20. The largest absolute Gasteiger partial charge is 0.508 e. The second kappa shape index (κ2) is 6.16. The Hall–Kier alpha value is -1.13. The third-order valence-electron chi connectivity index (χ3n) is 2.62. The fraction of sp³-hybridized carbons (Fsp3) is 0.143. The van der Waals surface area contributed by atoms with Crippen molar-refractivity contribution < 1.29 is 5.11 Å². The summed E-state index contributed by atoms with van der Waals surface area (Å²) in [5.74, 6) is 0.312. The summed E-state index contributed by atoms with van der Waals surface area (Å²) in [6, 6.07) is 13.6. The third kappa shape index (κ3) is 3.21. The molecule has 0 aromatic heterocycles. The van der Waals surface area contributed by atoms with Crippen molar-refractivity contribution in [1.82, 2.24) is 0 Å². The van der Waals surface area contributed by atoms with Crippen LogP contribution in [0, 0.1) is 0 Å². The molecule has 0 heterocycles. The van der Waals surface area contributed by atoms with Gasteiger partial charge in [0.25, 0.3) is 0 Å². The number of aromatic hydroxyl groups is 1. The van der Waals surface area contributed by atoms with Crippen molar-refractivity contribution in [1.29, 1.82) is 0 Å². The predicted octanol–water partition coefficient (Wildman–Crippen LogP) is 4.49. The molecule has 0 radical (unpaired) electrons. The second-order valence-corrected chi connectivity index (χ2v) is 5.59. The van der Waals surface area contributed by atoms with Crippen LogP contribution in [0.25, 0.3) is 0 Å². The molecule has 0 aliphatic carbocycles. The molecule has 2 nitrogen and oxygen atoms in total. The molecule has 0 aliphatic heterocycles. The monoisotopic (exact) mass is 323 g/mol. The molecule has 18 heavy (non-hydrogen) atoms. The summed E-state index contributed by atoms with van der Waals surface area (Å²) in [5.41, 5.74) is 1.96. The van der Waals surface area contributed by atoms with Crippen molar-refractivity contribution in [2.75, 3.05) is 11.6 Å². The SMILES string of the molecule is CSc1ccccc1NCc1cc(Br)ccc1O. The molecule has 2 aromatic carbocycles. The molecule has 2 N–H and O–H groups in total. The zero-order chi connectivity index (χ0) is 13.0. The lowest BCUT2D eigenvalue weighted by Crippen LogP contribution is -2.00. The van der Waals surface area contributed by atoms with Crippen LogP contribution in [0.4, 0.5) is 5.69 Å². The average molecular weight is 324 g/mol. The van der Waals surface area contributed by atoms with Crippen LogP contribution < -0.4 is 5.32 Å². The van der Waals surface area contributed by atoms with Gasteiger partial charge < -0.3 is 10.4 Å². The van der Waals surface area contributed by atoms with Gasteiger partial charge in [0, 0.05) is 27.2 Å². The van der Waals surface area contributed by atoms with Crippen molar-refractivity contribution in [3.63, 3.8) is 0 Å². The maximum absolute atomic E-state index is 9.77. The van der Waals surface area contributed by atoms with E-state index in [1.54, 1.807) is 17.8 Å². The first kappa shape index (κ1) is 13.3. The number of halogens is 1. The first-order valence-electron chi connectivity index (χ1n) is 5.55. The predicted molar refractivity (Wildman–Crippen MR) is 81.4 cm³/mol. The Kier molecular flexibility index (Phi) is 4.55. The summed E-state index contributed by atoms with van der Waals surface area (Å²) in [6.45, 7) is 0.600. The molecular formula is C14H14BrNOS. The standard InChI is InChI=1S/C14H14BrNOS/c1-18-14-5-3-2-4-12(14)16-9-10-8-11(15)6-7-13(10)17/h2-8,16-17H,9H2,1H3. The van der Waals surface area contributed by atoms with Gasteiger partial charge in [-0.2, -0.15) is 0 Å². The van der Waals surface area contributed by atoms with E-state index in [4.69, 9.17) is 0 Å². The van der Waals surface area contributed by atoms with Gasteiger partial charge in [-0.3, -0.25) is 0 Å². The Labute approximate surface area is 120 Å². The van der Waals surface area contributed by atoms with Crippen LogP contribution in [-0.4, -0.2) is 11.4 Å². The van der Waals surface area contributed by atoms with Gasteiger partial charge in [-0.25, -0.2) is 0 Å². The molecule has 0 saturated heterocycles. The van der Waals surface area contributed by atoms with Crippen molar-refractivity contribution in [2.45, 2.75) is 11.4 Å². The average Bonchev–Trinajstić information content (AvgIpc) is 2.40. The molecule has 0 spiro atoms. The van der Waals surface area contributed by atoms with Crippen LogP contribution in [0.1, 0.15) is 5.56 Å². The zero-order valence-corrected chi connectivity index (χ0v) is 12.4. The molecule has 2 aromatic rings. The second-order valence-electron chi connectivity index (χ2n) is 3.83. The maximum atomic E-state index is 9.77. The van der Waals surface area contributed by atoms with Gasteiger partial charge in [0.15, 0.2) is 0 Å². The van der Waals surface area contributed by atoms with Crippen molar-refractivity contribution in [2.24, 2.45) is 0 Å². The van der Waals surface area contributed by atoms with E-state index in [0.29, 0.717) is 12.3 Å². The number of nitrogens with one attached hydrogen (secondary N) is 1. The van der Waals surface area contributed by atoms with Crippen LogP contribution in [0.5, 0.6) is 5.75 Å². The van der Waals surface area contributed by atoms with E-state index in [9.17, 15) is 5.11 Å². The summed E-state index contributed by atoms with van der Waals surface area (Å²) in [5, 5.41) is 13.1. The van der Waals surface area contributed by atoms with Gasteiger partial charge in [0.05, 0.1) is 0 Å². The van der Waals surface area contributed by atoms with Gasteiger partial charge in [0.1, 0.15) is 5.75 Å². The Morgan fingerprint density at radius 1 is 1.22 bits per heavy atom. The summed E-state index contributed by atoms with van der Waals surface area (Å²) in [7, 11) is 0. The van der Waals surface area contributed by atoms with E-state index >= 15 is 0 Å². The minimum absolute atomic E-state index is 0.312. The normalized spacial score (nSPS) is 10.3. The number of rotatable bonds is 4. The number of para-hydroxylation sites is 1. The minimum Gasteiger partial charge on any atom is -0.508 e. The van der Waals surface area contributed by atoms with E-state index < -0.39 is 0 Å². The van der Waals surface area contributed by atoms with E-state index in [0.717, 1.165) is 15.7 Å². The number of benzene rings is 2. The number of hydrogen-bond acceptors (Lipinski definition) is 3. The smallest absolute Gasteiger partial charge is 0.120 e. The van der Waals surface area contributed by atoms with E-state index in [-0.39, 0.29) is 0 Å².